The van der Waals surface area contributed by atoms with Crippen LogP contribution in [-0.4, -0.2) is 45.8 Å². The third-order valence-electron chi connectivity index (χ3n) is 2.27. The Morgan fingerprint density at radius 3 is 2.83 bits per heavy atom. The average molecular weight is 268 g/mol. The van der Waals surface area contributed by atoms with Crippen LogP contribution in [0, 0.1) is 0 Å². The van der Waals surface area contributed by atoms with Gasteiger partial charge in [-0.1, -0.05) is 6.07 Å². The van der Waals surface area contributed by atoms with Crippen LogP contribution in [0.2, 0.25) is 0 Å². The van der Waals surface area contributed by atoms with E-state index in [1.54, 1.807) is 50.0 Å². The molecule has 0 saturated heterocycles. The van der Waals surface area contributed by atoms with Gasteiger partial charge in [0.15, 0.2) is 0 Å². The van der Waals surface area contributed by atoms with Crippen molar-refractivity contribution in [1.29, 1.82) is 0 Å². The van der Waals surface area contributed by atoms with Crippen molar-refractivity contribution in [2.24, 2.45) is 0 Å². The summed E-state index contributed by atoms with van der Waals surface area (Å²) < 4.78 is 0. The summed E-state index contributed by atoms with van der Waals surface area (Å²) in [4.78, 5) is 17.4. The van der Waals surface area contributed by atoms with E-state index in [9.17, 15) is 9.90 Å². The van der Waals surface area contributed by atoms with Gasteiger partial charge in [-0.25, -0.2) is 0 Å². The summed E-state index contributed by atoms with van der Waals surface area (Å²) in [5, 5.41) is 9.63. The molecule has 0 fully saturated rings. The number of pyridine rings is 1. The van der Waals surface area contributed by atoms with Crippen molar-refractivity contribution >= 4 is 17.7 Å². The van der Waals surface area contributed by atoms with Crippen LogP contribution in [0.4, 0.5) is 0 Å². The zero-order valence-corrected chi connectivity index (χ0v) is 11.9. The maximum atomic E-state index is 11.8. The van der Waals surface area contributed by atoms with Gasteiger partial charge in [-0.15, -0.1) is 11.8 Å². The maximum Gasteiger partial charge on any atom is 0.232 e. The zero-order valence-electron chi connectivity index (χ0n) is 11.1. The minimum Gasteiger partial charge on any atom is -0.389 e. The van der Waals surface area contributed by atoms with Gasteiger partial charge in [0.05, 0.1) is 11.4 Å². The van der Waals surface area contributed by atoms with E-state index in [1.165, 1.54) is 0 Å². The highest BCUT2D eigenvalue weighted by molar-refractivity contribution is 7.99. The third kappa shape index (κ3) is 6.02. The molecule has 1 aromatic rings. The summed E-state index contributed by atoms with van der Waals surface area (Å²) in [5.74, 6) is 1.23. The molecular weight excluding hydrogens is 248 g/mol. The zero-order chi connectivity index (χ0) is 13.6. The van der Waals surface area contributed by atoms with Crippen LogP contribution in [0.3, 0.4) is 0 Å². The molecule has 0 aliphatic carbocycles. The average Bonchev–Trinajstić information content (AvgIpc) is 2.28. The van der Waals surface area contributed by atoms with Gasteiger partial charge in [0.25, 0.3) is 0 Å². The predicted molar refractivity (Wildman–Crippen MR) is 74.3 cm³/mol. The summed E-state index contributed by atoms with van der Waals surface area (Å²) in [7, 11) is 1.71. The van der Waals surface area contributed by atoms with Crippen molar-refractivity contribution in [1.82, 2.24) is 9.88 Å². The lowest BCUT2D eigenvalue weighted by atomic mass is 10.1. The number of thioether (sulfide) groups is 1. The number of aliphatic hydroxyl groups is 1. The molecule has 1 amide bonds. The van der Waals surface area contributed by atoms with E-state index in [2.05, 4.69) is 4.98 Å². The predicted octanol–water partition coefficient (Wildman–Crippen LogP) is 1.54. The third-order valence-corrected chi connectivity index (χ3v) is 3.26. The van der Waals surface area contributed by atoms with E-state index >= 15 is 0 Å². The lowest BCUT2D eigenvalue weighted by Crippen LogP contribution is -2.40. The van der Waals surface area contributed by atoms with Crippen LogP contribution in [0.15, 0.2) is 24.5 Å². The minimum absolute atomic E-state index is 0.0333. The molecule has 5 heteroatoms. The van der Waals surface area contributed by atoms with Crippen LogP contribution < -0.4 is 0 Å². The first-order valence-corrected chi connectivity index (χ1v) is 6.97. The number of aromatic nitrogens is 1. The summed E-state index contributed by atoms with van der Waals surface area (Å²) in [5.41, 5.74) is 0.263. The first kappa shape index (κ1) is 15.0. The standard InChI is InChI=1S/C13H20N2O2S/c1-13(2,17)10-15(3)12(16)9-18-8-11-5-4-6-14-7-11/h4-7,17H,8-10H2,1-3H3. The lowest BCUT2D eigenvalue weighted by Gasteiger charge is -2.25. The Labute approximate surface area is 112 Å². The summed E-state index contributed by atoms with van der Waals surface area (Å²) in [6, 6.07) is 3.88. The molecular formula is C13H20N2O2S. The van der Waals surface area contributed by atoms with Crippen molar-refractivity contribution in [2.75, 3.05) is 19.3 Å². The Morgan fingerprint density at radius 1 is 1.56 bits per heavy atom. The molecule has 0 radical (unpaired) electrons. The van der Waals surface area contributed by atoms with Gasteiger partial charge in [0.1, 0.15) is 0 Å². The Bertz CT molecular complexity index is 376. The summed E-state index contributed by atoms with van der Waals surface area (Å²) in [6.45, 7) is 3.73. The second kappa shape index (κ2) is 6.75. The highest BCUT2D eigenvalue weighted by atomic mass is 32.2. The van der Waals surface area contributed by atoms with E-state index in [-0.39, 0.29) is 5.91 Å². The SMILES string of the molecule is CN(CC(C)(C)O)C(=O)CSCc1cccnc1. The molecule has 4 nitrogen and oxygen atoms in total. The van der Waals surface area contributed by atoms with Gasteiger partial charge in [-0.2, -0.15) is 0 Å². The van der Waals surface area contributed by atoms with Crippen LogP contribution >= 0.6 is 11.8 Å². The van der Waals surface area contributed by atoms with Gasteiger partial charge < -0.3 is 10.0 Å². The summed E-state index contributed by atoms with van der Waals surface area (Å²) in [6.07, 6.45) is 3.54. The van der Waals surface area contributed by atoms with Crippen LogP contribution in [0.5, 0.6) is 0 Å². The number of amides is 1. The number of carbonyl (C=O) groups is 1. The molecule has 0 aromatic carbocycles. The van der Waals surface area contributed by atoms with E-state index in [1.807, 2.05) is 12.1 Å². The largest absolute Gasteiger partial charge is 0.389 e. The topological polar surface area (TPSA) is 53.4 Å². The molecule has 1 N–H and O–H groups in total. The molecule has 18 heavy (non-hydrogen) atoms. The van der Waals surface area contributed by atoms with Crippen molar-refractivity contribution in [2.45, 2.75) is 25.2 Å². The Hall–Kier alpha value is -1.07. The van der Waals surface area contributed by atoms with Crippen LogP contribution in [-0.2, 0) is 10.5 Å². The van der Waals surface area contributed by atoms with Crippen LogP contribution in [0.25, 0.3) is 0 Å². The smallest absolute Gasteiger partial charge is 0.232 e. The maximum absolute atomic E-state index is 11.8. The Kier molecular flexibility index (Phi) is 5.62. The number of hydrogen-bond acceptors (Lipinski definition) is 4. The molecule has 0 aliphatic heterocycles. The number of rotatable bonds is 6. The first-order valence-electron chi connectivity index (χ1n) is 5.81. The molecule has 1 aromatic heterocycles. The molecule has 0 unspecified atom stereocenters. The van der Waals surface area contributed by atoms with E-state index in [4.69, 9.17) is 0 Å². The molecule has 1 heterocycles. The van der Waals surface area contributed by atoms with E-state index in [0.717, 1.165) is 11.3 Å². The van der Waals surface area contributed by atoms with Crippen molar-refractivity contribution in [3.05, 3.63) is 30.1 Å². The number of hydrogen-bond donors (Lipinski definition) is 1. The monoisotopic (exact) mass is 268 g/mol. The number of likely N-dealkylation sites (N-methyl/N-ethyl adjacent to an activating group) is 1. The van der Waals surface area contributed by atoms with E-state index in [0.29, 0.717) is 12.3 Å². The quantitative estimate of drug-likeness (QED) is 0.850. The number of nitrogens with zero attached hydrogens (tertiary/aromatic N) is 2. The highest BCUT2D eigenvalue weighted by Crippen LogP contribution is 2.12. The normalized spacial score (nSPS) is 11.3. The molecule has 0 saturated carbocycles. The molecule has 0 bridgehead atoms. The molecule has 1 rings (SSSR count). The van der Waals surface area contributed by atoms with Crippen molar-refractivity contribution in [3.8, 4) is 0 Å². The van der Waals surface area contributed by atoms with Crippen molar-refractivity contribution in [3.63, 3.8) is 0 Å². The Morgan fingerprint density at radius 2 is 2.28 bits per heavy atom. The van der Waals surface area contributed by atoms with Crippen LogP contribution in [0.1, 0.15) is 19.4 Å². The Balaban J connectivity index is 2.29. The minimum atomic E-state index is -0.849. The second-order valence-electron chi connectivity index (χ2n) is 4.92. The lowest BCUT2D eigenvalue weighted by molar-refractivity contribution is -0.129. The molecule has 100 valence electrons. The van der Waals surface area contributed by atoms with Gasteiger partial charge in [0.2, 0.25) is 5.91 Å². The molecule has 0 spiro atoms. The summed E-state index contributed by atoms with van der Waals surface area (Å²) >= 11 is 1.56. The highest BCUT2D eigenvalue weighted by Gasteiger charge is 2.18. The van der Waals surface area contributed by atoms with Gasteiger partial charge >= 0.3 is 0 Å². The first-order chi connectivity index (χ1) is 8.38. The van der Waals surface area contributed by atoms with E-state index < -0.39 is 5.60 Å². The second-order valence-corrected chi connectivity index (χ2v) is 5.90. The van der Waals surface area contributed by atoms with Crippen molar-refractivity contribution < 1.29 is 9.90 Å². The molecule has 0 aliphatic rings. The van der Waals surface area contributed by atoms with Gasteiger partial charge in [-0.05, 0) is 25.5 Å². The van der Waals surface area contributed by atoms with Gasteiger partial charge in [0, 0.05) is 31.7 Å². The fraction of sp³-hybridized carbons (Fsp3) is 0.538. The number of carbonyl (C=O) groups excluding carboxylic acids is 1. The fourth-order valence-electron chi connectivity index (χ4n) is 1.52. The molecule has 0 atom stereocenters. The van der Waals surface area contributed by atoms with Gasteiger partial charge in [-0.3, -0.25) is 9.78 Å². The fourth-order valence-corrected chi connectivity index (χ4v) is 2.42.